The Morgan fingerprint density at radius 3 is 2.40 bits per heavy atom. The van der Waals surface area contributed by atoms with Crippen LogP contribution in [0.5, 0.6) is 0 Å². The molecule has 1 atom stereocenters. The summed E-state index contributed by atoms with van der Waals surface area (Å²) in [6.45, 7) is 4.10. The minimum Gasteiger partial charge on any atom is -0.352 e. The molecular formula is C27H33FN4O3. The SMILES string of the molecule is Cc1ccc(CNC(=O)C2CCN(C(=O)C3CCCN(C(=O)Nc4ccccc4)C3)CC2)cc1F. The van der Waals surface area contributed by atoms with Gasteiger partial charge in [-0.2, -0.15) is 0 Å². The largest absolute Gasteiger partial charge is 0.352 e. The fourth-order valence-electron chi connectivity index (χ4n) is 4.79. The first-order valence-electron chi connectivity index (χ1n) is 12.3. The van der Waals surface area contributed by atoms with Crippen molar-refractivity contribution in [2.45, 2.75) is 39.2 Å². The molecule has 0 saturated carbocycles. The van der Waals surface area contributed by atoms with Crippen LogP contribution in [0, 0.1) is 24.6 Å². The molecule has 7 nitrogen and oxygen atoms in total. The molecule has 0 radical (unpaired) electrons. The maximum atomic E-state index is 13.7. The van der Waals surface area contributed by atoms with Gasteiger partial charge >= 0.3 is 6.03 Å². The quantitative estimate of drug-likeness (QED) is 0.680. The summed E-state index contributed by atoms with van der Waals surface area (Å²) in [6.07, 6.45) is 2.76. The van der Waals surface area contributed by atoms with Crippen LogP contribution in [-0.4, -0.2) is 53.8 Å². The predicted octanol–water partition coefficient (Wildman–Crippen LogP) is 3.93. The van der Waals surface area contributed by atoms with E-state index in [-0.39, 0.29) is 42.0 Å². The number of halogens is 1. The monoisotopic (exact) mass is 480 g/mol. The standard InChI is InChI=1S/C27H33FN4O3/c1-19-9-10-20(16-24(19)28)17-29-25(33)21-11-14-31(15-12-21)26(34)22-6-5-13-32(18-22)27(35)30-23-7-3-2-4-8-23/h2-4,7-10,16,21-22H,5-6,11-15,17-18H2,1H3,(H,29,33)(H,30,35). The molecule has 0 aromatic heterocycles. The van der Waals surface area contributed by atoms with E-state index in [4.69, 9.17) is 0 Å². The van der Waals surface area contributed by atoms with Crippen LogP contribution in [0.25, 0.3) is 0 Å². The lowest BCUT2D eigenvalue weighted by Gasteiger charge is -2.37. The molecule has 2 aromatic carbocycles. The number of hydrogen-bond acceptors (Lipinski definition) is 3. The maximum absolute atomic E-state index is 13.7. The Hall–Kier alpha value is -3.42. The van der Waals surface area contributed by atoms with Crippen molar-refractivity contribution in [1.29, 1.82) is 0 Å². The first-order chi connectivity index (χ1) is 16.9. The number of nitrogens with zero attached hydrogens (tertiary/aromatic N) is 2. The van der Waals surface area contributed by atoms with Crippen molar-refractivity contribution in [2.75, 3.05) is 31.5 Å². The molecule has 2 aliphatic rings. The van der Waals surface area contributed by atoms with E-state index in [0.717, 1.165) is 24.1 Å². The number of carbonyl (C=O) groups is 3. The lowest BCUT2D eigenvalue weighted by Crippen LogP contribution is -2.50. The number of rotatable bonds is 5. The van der Waals surface area contributed by atoms with Gasteiger partial charge < -0.3 is 20.4 Å². The summed E-state index contributed by atoms with van der Waals surface area (Å²) in [6, 6.07) is 14.1. The number of likely N-dealkylation sites (tertiary alicyclic amines) is 2. The number of nitrogens with one attached hydrogen (secondary N) is 2. The molecule has 4 amide bonds. The third kappa shape index (κ3) is 6.38. The molecule has 2 fully saturated rings. The average Bonchev–Trinajstić information content (AvgIpc) is 2.89. The molecule has 2 aliphatic heterocycles. The number of carbonyl (C=O) groups excluding carboxylic acids is 3. The Labute approximate surface area is 205 Å². The highest BCUT2D eigenvalue weighted by Crippen LogP contribution is 2.24. The van der Waals surface area contributed by atoms with Gasteiger partial charge in [0.25, 0.3) is 0 Å². The summed E-state index contributed by atoms with van der Waals surface area (Å²) in [7, 11) is 0. The summed E-state index contributed by atoms with van der Waals surface area (Å²) >= 11 is 0. The zero-order valence-corrected chi connectivity index (χ0v) is 20.1. The van der Waals surface area contributed by atoms with Gasteiger partial charge in [-0.3, -0.25) is 9.59 Å². The molecular weight excluding hydrogens is 447 g/mol. The number of benzene rings is 2. The highest BCUT2D eigenvalue weighted by molar-refractivity contribution is 5.90. The minimum absolute atomic E-state index is 0.0560. The highest BCUT2D eigenvalue weighted by Gasteiger charge is 2.34. The van der Waals surface area contributed by atoms with Crippen LogP contribution in [-0.2, 0) is 16.1 Å². The second kappa shape index (κ2) is 11.3. The summed E-state index contributed by atoms with van der Waals surface area (Å²) in [5, 5.41) is 5.80. The van der Waals surface area contributed by atoms with Crippen LogP contribution in [0.2, 0.25) is 0 Å². The number of hydrogen-bond donors (Lipinski definition) is 2. The second-order valence-electron chi connectivity index (χ2n) is 9.48. The summed E-state index contributed by atoms with van der Waals surface area (Å²) < 4.78 is 13.7. The van der Waals surface area contributed by atoms with E-state index >= 15 is 0 Å². The number of para-hydroxylation sites is 1. The summed E-state index contributed by atoms with van der Waals surface area (Å²) in [4.78, 5) is 42.0. The Bertz CT molecular complexity index is 1050. The zero-order valence-electron chi connectivity index (χ0n) is 20.1. The lowest BCUT2D eigenvalue weighted by atomic mass is 9.92. The average molecular weight is 481 g/mol. The van der Waals surface area contributed by atoms with Crippen LogP contribution in [0.3, 0.4) is 0 Å². The molecule has 35 heavy (non-hydrogen) atoms. The Balaban J connectivity index is 1.23. The number of amides is 4. The van der Waals surface area contributed by atoms with E-state index in [1.807, 2.05) is 41.3 Å². The third-order valence-corrected chi connectivity index (χ3v) is 6.96. The van der Waals surface area contributed by atoms with Crippen molar-refractivity contribution < 1.29 is 18.8 Å². The molecule has 186 valence electrons. The molecule has 2 heterocycles. The van der Waals surface area contributed by atoms with Gasteiger partial charge in [-0.25, -0.2) is 9.18 Å². The predicted molar refractivity (Wildman–Crippen MR) is 132 cm³/mol. The normalized spacial score (nSPS) is 18.7. The first kappa shape index (κ1) is 24.7. The zero-order chi connectivity index (χ0) is 24.8. The van der Waals surface area contributed by atoms with Gasteiger partial charge in [0.05, 0.1) is 5.92 Å². The second-order valence-corrected chi connectivity index (χ2v) is 9.48. The molecule has 2 saturated heterocycles. The topological polar surface area (TPSA) is 81.8 Å². The van der Waals surface area contributed by atoms with Gasteiger partial charge in [-0.05, 0) is 61.9 Å². The van der Waals surface area contributed by atoms with E-state index in [1.165, 1.54) is 6.07 Å². The van der Waals surface area contributed by atoms with E-state index in [9.17, 15) is 18.8 Å². The summed E-state index contributed by atoms with van der Waals surface area (Å²) in [5.74, 6) is -0.640. The Morgan fingerprint density at radius 2 is 1.69 bits per heavy atom. The van der Waals surface area contributed by atoms with Gasteiger partial charge in [0.1, 0.15) is 5.82 Å². The molecule has 0 spiro atoms. The van der Waals surface area contributed by atoms with Crippen molar-refractivity contribution in [3.05, 3.63) is 65.5 Å². The fraction of sp³-hybridized carbons (Fsp3) is 0.444. The minimum atomic E-state index is -0.276. The number of piperidine rings is 2. The molecule has 0 bridgehead atoms. The van der Waals surface area contributed by atoms with Crippen molar-refractivity contribution in [1.82, 2.24) is 15.1 Å². The van der Waals surface area contributed by atoms with Gasteiger partial charge in [0, 0.05) is 44.3 Å². The Morgan fingerprint density at radius 1 is 0.943 bits per heavy atom. The van der Waals surface area contributed by atoms with Crippen LogP contribution in [0.15, 0.2) is 48.5 Å². The summed E-state index contributed by atoms with van der Waals surface area (Å²) in [5.41, 5.74) is 2.04. The lowest BCUT2D eigenvalue weighted by molar-refractivity contribution is -0.140. The van der Waals surface area contributed by atoms with Crippen LogP contribution >= 0.6 is 0 Å². The van der Waals surface area contributed by atoms with E-state index in [1.54, 1.807) is 17.9 Å². The van der Waals surface area contributed by atoms with Crippen molar-refractivity contribution in [3.8, 4) is 0 Å². The highest BCUT2D eigenvalue weighted by atomic mass is 19.1. The van der Waals surface area contributed by atoms with Gasteiger partial charge in [-0.1, -0.05) is 30.3 Å². The van der Waals surface area contributed by atoms with E-state index in [0.29, 0.717) is 44.6 Å². The van der Waals surface area contributed by atoms with Crippen LogP contribution in [0.4, 0.5) is 14.9 Å². The molecule has 2 aromatic rings. The van der Waals surface area contributed by atoms with E-state index in [2.05, 4.69) is 10.6 Å². The van der Waals surface area contributed by atoms with Crippen LogP contribution in [0.1, 0.15) is 36.8 Å². The first-order valence-corrected chi connectivity index (χ1v) is 12.3. The van der Waals surface area contributed by atoms with Crippen LogP contribution < -0.4 is 10.6 Å². The van der Waals surface area contributed by atoms with Gasteiger partial charge in [0.15, 0.2) is 0 Å². The number of urea groups is 1. The molecule has 1 unspecified atom stereocenters. The maximum Gasteiger partial charge on any atom is 0.321 e. The number of aryl methyl sites for hydroxylation is 1. The van der Waals surface area contributed by atoms with Crippen molar-refractivity contribution >= 4 is 23.5 Å². The van der Waals surface area contributed by atoms with Gasteiger partial charge in [-0.15, -0.1) is 0 Å². The van der Waals surface area contributed by atoms with Crippen molar-refractivity contribution in [3.63, 3.8) is 0 Å². The van der Waals surface area contributed by atoms with Crippen molar-refractivity contribution in [2.24, 2.45) is 11.8 Å². The fourth-order valence-corrected chi connectivity index (χ4v) is 4.79. The molecule has 2 N–H and O–H groups in total. The molecule has 8 heteroatoms. The smallest absolute Gasteiger partial charge is 0.321 e. The molecule has 4 rings (SSSR count). The number of anilines is 1. The van der Waals surface area contributed by atoms with Gasteiger partial charge in [0.2, 0.25) is 11.8 Å². The Kier molecular flexibility index (Phi) is 8.00. The van der Waals surface area contributed by atoms with E-state index < -0.39 is 0 Å². The molecule has 0 aliphatic carbocycles. The third-order valence-electron chi connectivity index (χ3n) is 6.96.